The first-order valence-electron chi connectivity index (χ1n) is 5.00. The van der Waals surface area contributed by atoms with E-state index in [1.807, 2.05) is 0 Å². The van der Waals surface area contributed by atoms with Gasteiger partial charge in [0.1, 0.15) is 36.6 Å². The Labute approximate surface area is 209 Å². The predicted octanol–water partition coefficient (Wildman–Crippen LogP) is -10.9. The summed E-state index contributed by atoms with van der Waals surface area (Å²) in [6, 6.07) is 0. The fraction of sp³-hybridized carbons (Fsp3) is 1.00. The zero-order chi connectivity index (χ0) is 15.9. The predicted molar refractivity (Wildman–Crippen MR) is 53.4 cm³/mol. The number of phosphoric ester groups is 2. The van der Waals surface area contributed by atoms with Gasteiger partial charge in [-0.1, -0.05) is 0 Å². The van der Waals surface area contributed by atoms with E-state index in [-0.39, 0.29) is 103 Å². The molecule has 0 aliphatic heterocycles. The van der Waals surface area contributed by atoms with E-state index in [0.29, 0.717) is 0 Å². The van der Waals surface area contributed by atoms with E-state index in [4.69, 9.17) is 9.79 Å². The van der Waals surface area contributed by atoms with Crippen molar-refractivity contribution in [1.82, 2.24) is 0 Å². The minimum Gasteiger partial charge on any atom is -0.756 e. The largest absolute Gasteiger partial charge is 1.00 e. The fourth-order valence-corrected chi connectivity index (χ4v) is 2.85. The van der Waals surface area contributed by atoms with Gasteiger partial charge in [0.15, 0.2) is 0 Å². The zero-order valence-corrected chi connectivity index (χ0v) is 19.5. The molecule has 0 radical (unpaired) electrons. The first-order chi connectivity index (χ1) is 8.83. The quantitative estimate of drug-likeness (QED) is 0.186. The van der Waals surface area contributed by atoms with Crippen molar-refractivity contribution in [2.45, 2.75) is 36.6 Å². The molecule has 4 unspecified atom stereocenters. The van der Waals surface area contributed by atoms with E-state index in [1.165, 1.54) is 0 Å². The molecular weight excluding hydrogens is 404 g/mol. The van der Waals surface area contributed by atoms with Crippen molar-refractivity contribution in [2.75, 3.05) is 0 Å². The van der Waals surface area contributed by atoms with Crippen LogP contribution >= 0.6 is 15.6 Å². The van der Waals surface area contributed by atoms with Crippen molar-refractivity contribution in [3.8, 4) is 0 Å². The Kier molecular flexibility index (Phi) is 13.3. The first kappa shape index (κ1) is 27.6. The maximum Gasteiger partial charge on any atom is 1.00 e. The molecule has 0 aromatic rings. The number of hydrogen-bond acceptors (Lipinski definition) is 10. The molecule has 0 bridgehead atoms. The summed E-state index contributed by atoms with van der Waals surface area (Å²) in [5.74, 6) is 0. The number of aliphatic hydroxyl groups is 4. The molecule has 0 aromatic carbocycles. The molecule has 1 saturated carbocycles. The van der Waals surface area contributed by atoms with Crippen LogP contribution in [0.3, 0.4) is 0 Å². The van der Waals surface area contributed by atoms with Gasteiger partial charge in [0.2, 0.25) is 0 Å². The molecule has 0 amide bonds. The molecule has 1 fully saturated rings. The van der Waals surface area contributed by atoms with Gasteiger partial charge in [0.25, 0.3) is 15.6 Å². The molecule has 0 aromatic heterocycles. The van der Waals surface area contributed by atoms with Crippen LogP contribution in [0, 0.1) is 0 Å². The third-order valence-electron chi connectivity index (χ3n) is 2.56. The summed E-state index contributed by atoms with van der Waals surface area (Å²) in [6.07, 6.45) is -13.3. The van der Waals surface area contributed by atoms with Crippen LogP contribution in [-0.4, -0.2) is 66.8 Å². The van der Waals surface area contributed by atoms with Gasteiger partial charge < -0.3 is 49.0 Å². The van der Waals surface area contributed by atoms with E-state index in [2.05, 4.69) is 9.05 Å². The summed E-state index contributed by atoms with van der Waals surface area (Å²) in [7, 11) is -10.9. The first-order valence-corrected chi connectivity index (χ1v) is 7.99. The SMILES string of the molecule is O=P([O-])(O)O[C@@H]1C(O)[C@H](OP(=O)([O-])O)[C@H](O)C(O)[C@H]1O.[K+].[K+]. The third kappa shape index (κ3) is 8.35. The van der Waals surface area contributed by atoms with Crippen LogP contribution in [0.1, 0.15) is 0 Å². The van der Waals surface area contributed by atoms with Crippen molar-refractivity contribution in [1.29, 1.82) is 0 Å². The molecule has 16 heteroatoms. The van der Waals surface area contributed by atoms with E-state index in [1.54, 1.807) is 0 Å². The second kappa shape index (κ2) is 10.6. The zero-order valence-electron chi connectivity index (χ0n) is 11.5. The van der Waals surface area contributed by atoms with Crippen molar-refractivity contribution in [3.63, 3.8) is 0 Å². The van der Waals surface area contributed by atoms with Gasteiger partial charge in [-0.3, -0.25) is 9.13 Å². The Hall–Kier alpha value is 3.33. The van der Waals surface area contributed by atoms with Crippen LogP contribution in [0.15, 0.2) is 0 Å². The van der Waals surface area contributed by atoms with Crippen LogP contribution in [-0.2, 0) is 18.2 Å². The Bertz CT molecular complexity index is 399. The van der Waals surface area contributed by atoms with Crippen LogP contribution in [0.5, 0.6) is 0 Å². The van der Waals surface area contributed by atoms with Gasteiger partial charge in [0, 0.05) is 0 Å². The summed E-state index contributed by atoms with van der Waals surface area (Å²) in [4.78, 5) is 38.1. The topological polar surface area (TPSA) is 220 Å². The summed E-state index contributed by atoms with van der Waals surface area (Å²) >= 11 is 0. The van der Waals surface area contributed by atoms with Crippen LogP contribution in [0.25, 0.3) is 0 Å². The van der Waals surface area contributed by atoms with Crippen LogP contribution in [0.2, 0.25) is 0 Å². The van der Waals surface area contributed by atoms with Crippen molar-refractivity contribution >= 4 is 15.6 Å². The Morgan fingerprint density at radius 2 is 0.955 bits per heavy atom. The van der Waals surface area contributed by atoms with Gasteiger partial charge in [-0.05, 0) is 0 Å². The molecule has 8 atom stereocenters. The molecule has 6 N–H and O–H groups in total. The van der Waals surface area contributed by atoms with Crippen LogP contribution < -0.4 is 113 Å². The summed E-state index contributed by atoms with van der Waals surface area (Å²) in [6.45, 7) is 0. The fourth-order valence-electron chi connectivity index (χ4n) is 1.74. The summed E-state index contributed by atoms with van der Waals surface area (Å²) < 4.78 is 28.9. The monoisotopic (exact) mass is 416 g/mol. The minimum absolute atomic E-state index is 0. The van der Waals surface area contributed by atoms with Gasteiger partial charge in [-0.25, -0.2) is 0 Å². The van der Waals surface area contributed by atoms with Gasteiger partial charge >= 0.3 is 103 Å². The van der Waals surface area contributed by atoms with Gasteiger partial charge in [0.05, 0.1) is 0 Å². The van der Waals surface area contributed by atoms with E-state index >= 15 is 0 Å². The van der Waals surface area contributed by atoms with E-state index in [9.17, 15) is 39.3 Å². The molecule has 0 heterocycles. The molecule has 1 aliphatic rings. The molecule has 22 heavy (non-hydrogen) atoms. The summed E-state index contributed by atoms with van der Waals surface area (Å²) in [5.41, 5.74) is 0. The van der Waals surface area contributed by atoms with Crippen molar-refractivity contribution in [3.05, 3.63) is 0 Å². The van der Waals surface area contributed by atoms with Crippen molar-refractivity contribution in [2.24, 2.45) is 0 Å². The van der Waals surface area contributed by atoms with Gasteiger partial charge in [-0.15, -0.1) is 0 Å². The smallest absolute Gasteiger partial charge is 0.756 e. The standard InChI is InChI=1S/C6H14O12P2.2K/c7-1-2(8)5(17-19(11,12)13)4(10)6(3(1)9)18-20(14,15)16;;/h1-10H,(H2,11,12,13)(H2,14,15,16);;/q;2*+1/p-2/t1?,2-,3-,4?,5-,6+;;/m1../s1. The van der Waals surface area contributed by atoms with Gasteiger partial charge in [-0.2, -0.15) is 0 Å². The maximum absolute atomic E-state index is 10.6. The molecule has 1 aliphatic carbocycles. The molecule has 120 valence electrons. The van der Waals surface area contributed by atoms with E-state index < -0.39 is 52.3 Å². The van der Waals surface area contributed by atoms with E-state index in [0.717, 1.165) is 0 Å². The average molecular weight is 416 g/mol. The number of hydrogen-bond donors (Lipinski definition) is 6. The number of rotatable bonds is 4. The second-order valence-corrected chi connectivity index (χ2v) is 6.34. The Morgan fingerprint density at radius 1 is 0.682 bits per heavy atom. The molecular formula is C6H12K2O12P2. The molecule has 12 nitrogen and oxygen atoms in total. The summed E-state index contributed by atoms with van der Waals surface area (Å²) in [5, 5.41) is 37.8. The molecule has 1 rings (SSSR count). The maximum atomic E-state index is 10.6. The number of phosphoric acid groups is 2. The average Bonchev–Trinajstić information content (AvgIpc) is 2.25. The number of aliphatic hydroxyl groups excluding tert-OH is 4. The normalized spacial score (nSPS) is 40.5. The third-order valence-corrected chi connectivity index (χ3v) is 3.58. The second-order valence-electron chi connectivity index (χ2n) is 4.04. The van der Waals surface area contributed by atoms with Crippen molar-refractivity contribution < 1.29 is 161 Å². The van der Waals surface area contributed by atoms with Crippen LogP contribution in [0.4, 0.5) is 0 Å². The molecule has 0 spiro atoms. The Balaban J connectivity index is 0. The minimum atomic E-state index is -5.46. The molecule has 0 saturated heterocycles. The Morgan fingerprint density at radius 3 is 1.18 bits per heavy atom.